The van der Waals surface area contributed by atoms with E-state index in [2.05, 4.69) is 5.32 Å². The average Bonchev–Trinajstić information content (AvgIpc) is 2.54. The van der Waals surface area contributed by atoms with Crippen molar-refractivity contribution in [2.24, 2.45) is 0 Å². The van der Waals surface area contributed by atoms with Crippen LogP contribution in [-0.4, -0.2) is 20.1 Å². The first-order valence-electron chi connectivity index (χ1n) is 7.16. The van der Waals surface area contributed by atoms with Gasteiger partial charge in [0.05, 0.1) is 20.6 Å². The summed E-state index contributed by atoms with van der Waals surface area (Å²) in [6, 6.07) is 13.5. The van der Waals surface area contributed by atoms with E-state index in [-0.39, 0.29) is 5.91 Å². The van der Waals surface area contributed by atoms with Gasteiger partial charge in [-0.2, -0.15) is 0 Å². The predicted octanol–water partition coefficient (Wildman–Crippen LogP) is 2.87. The van der Waals surface area contributed by atoms with Gasteiger partial charge in [-0.25, -0.2) is 0 Å². The number of ether oxygens (including phenoxy) is 2. The Labute approximate surface area is 131 Å². The molecule has 0 fully saturated rings. The molecule has 0 saturated carbocycles. The molecule has 0 aliphatic carbocycles. The number of benzene rings is 2. The Kier molecular flexibility index (Phi) is 5.42. The predicted molar refractivity (Wildman–Crippen MR) is 86.3 cm³/mol. The minimum Gasteiger partial charge on any atom is -0.496 e. The van der Waals surface area contributed by atoms with Crippen molar-refractivity contribution in [1.82, 2.24) is 5.32 Å². The Morgan fingerprint density at radius 2 is 1.77 bits per heavy atom. The number of hydrogen-bond donors (Lipinski definition) is 1. The third-order valence-corrected chi connectivity index (χ3v) is 3.55. The first-order chi connectivity index (χ1) is 10.7. The van der Waals surface area contributed by atoms with Crippen molar-refractivity contribution in [3.63, 3.8) is 0 Å². The molecule has 4 nitrogen and oxygen atoms in total. The molecular weight excluding hydrogens is 278 g/mol. The van der Waals surface area contributed by atoms with E-state index in [0.717, 1.165) is 28.2 Å². The maximum Gasteiger partial charge on any atom is 0.224 e. The van der Waals surface area contributed by atoms with Gasteiger partial charge in [0.25, 0.3) is 0 Å². The summed E-state index contributed by atoms with van der Waals surface area (Å²) >= 11 is 0. The van der Waals surface area contributed by atoms with Crippen LogP contribution < -0.4 is 14.8 Å². The molecule has 22 heavy (non-hydrogen) atoms. The van der Waals surface area contributed by atoms with Crippen molar-refractivity contribution < 1.29 is 14.3 Å². The summed E-state index contributed by atoms with van der Waals surface area (Å²) in [4.78, 5) is 12.0. The molecule has 1 amide bonds. The molecule has 2 rings (SSSR count). The largest absolute Gasteiger partial charge is 0.496 e. The highest BCUT2D eigenvalue weighted by atomic mass is 16.5. The van der Waals surface area contributed by atoms with Crippen molar-refractivity contribution in [3.8, 4) is 11.5 Å². The van der Waals surface area contributed by atoms with Crippen LogP contribution in [0.4, 0.5) is 0 Å². The van der Waals surface area contributed by atoms with Crippen molar-refractivity contribution in [2.75, 3.05) is 14.2 Å². The molecule has 0 atom stereocenters. The molecule has 116 valence electrons. The fourth-order valence-corrected chi connectivity index (χ4v) is 2.41. The second kappa shape index (κ2) is 7.50. The van der Waals surface area contributed by atoms with Crippen LogP contribution in [-0.2, 0) is 17.8 Å². The fourth-order valence-electron chi connectivity index (χ4n) is 2.41. The number of amides is 1. The van der Waals surface area contributed by atoms with E-state index in [9.17, 15) is 4.79 Å². The number of methoxy groups -OCH3 is 2. The molecule has 0 aromatic heterocycles. The summed E-state index contributed by atoms with van der Waals surface area (Å²) in [7, 11) is 3.25. The SMILES string of the molecule is COc1ccc(CNC(=O)Cc2ccccc2)c(OC)c1C. The molecule has 0 aliphatic rings. The second-order valence-electron chi connectivity index (χ2n) is 5.02. The van der Waals surface area contributed by atoms with Crippen molar-refractivity contribution in [1.29, 1.82) is 0 Å². The lowest BCUT2D eigenvalue weighted by Crippen LogP contribution is -2.24. The van der Waals surface area contributed by atoms with Gasteiger partial charge in [0.1, 0.15) is 11.5 Å². The van der Waals surface area contributed by atoms with Crippen LogP contribution in [0.15, 0.2) is 42.5 Å². The summed E-state index contributed by atoms with van der Waals surface area (Å²) < 4.78 is 10.7. The normalized spacial score (nSPS) is 10.1. The summed E-state index contributed by atoms with van der Waals surface area (Å²) in [5.74, 6) is 1.51. The quantitative estimate of drug-likeness (QED) is 0.892. The fraction of sp³-hybridized carbons (Fsp3) is 0.278. The van der Waals surface area contributed by atoms with E-state index >= 15 is 0 Å². The lowest BCUT2D eigenvalue weighted by atomic mass is 10.1. The lowest BCUT2D eigenvalue weighted by molar-refractivity contribution is -0.120. The van der Waals surface area contributed by atoms with Gasteiger partial charge in [0.2, 0.25) is 5.91 Å². The van der Waals surface area contributed by atoms with Crippen LogP contribution in [0.1, 0.15) is 16.7 Å². The summed E-state index contributed by atoms with van der Waals surface area (Å²) in [5.41, 5.74) is 2.86. The number of carbonyl (C=O) groups excluding carboxylic acids is 1. The van der Waals surface area contributed by atoms with E-state index in [4.69, 9.17) is 9.47 Å². The molecule has 4 heteroatoms. The second-order valence-corrected chi connectivity index (χ2v) is 5.02. The molecule has 0 spiro atoms. The summed E-state index contributed by atoms with van der Waals surface area (Å²) in [6.45, 7) is 2.37. The zero-order valence-corrected chi connectivity index (χ0v) is 13.2. The molecule has 0 saturated heterocycles. The molecule has 2 aromatic carbocycles. The van der Waals surface area contributed by atoms with Crippen LogP contribution in [0.2, 0.25) is 0 Å². The Bertz CT molecular complexity index is 638. The van der Waals surface area contributed by atoms with Crippen molar-refractivity contribution in [3.05, 3.63) is 59.2 Å². The van der Waals surface area contributed by atoms with Gasteiger partial charge in [-0.3, -0.25) is 4.79 Å². The van der Waals surface area contributed by atoms with Gasteiger partial charge >= 0.3 is 0 Å². The van der Waals surface area contributed by atoms with Gasteiger partial charge in [0.15, 0.2) is 0 Å². The highest BCUT2D eigenvalue weighted by Gasteiger charge is 2.12. The van der Waals surface area contributed by atoms with Gasteiger partial charge in [-0.05, 0) is 24.6 Å². The van der Waals surface area contributed by atoms with Gasteiger partial charge < -0.3 is 14.8 Å². The van der Waals surface area contributed by atoms with Crippen LogP contribution >= 0.6 is 0 Å². The van der Waals surface area contributed by atoms with Crippen LogP contribution in [0, 0.1) is 6.92 Å². The standard InChI is InChI=1S/C18H21NO3/c1-13-16(21-2)10-9-15(18(13)22-3)12-19-17(20)11-14-7-5-4-6-8-14/h4-10H,11-12H2,1-3H3,(H,19,20). The summed E-state index contributed by atoms with van der Waals surface area (Å²) in [5, 5.41) is 2.93. The van der Waals surface area contributed by atoms with E-state index in [0.29, 0.717) is 13.0 Å². The summed E-state index contributed by atoms with van der Waals surface area (Å²) in [6.07, 6.45) is 0.373. The maximum absolute atomic E-state index is 12.0. The molecule has 0 bridgehead atoms. The zero-order valence-electron chi connectivity index (χ0n) is 13.2. The monoisotopic (exact) mass is 299 g/mol. The molecule has 2 aromatic rings. The lowest BCUT2D eigenvalue weighted by Gasteiger charge is -2.15. The zero-order chi connectivity index (χ0) is 15.9. The first-order valence-corrected chi connectivity index (χ1v) is 7.16. The Morgan fingerprint density at radius 3 is 2.41 bits per heavy atom. The van der Waals surface area contributed by atoms with Gasteiger partial charge in [-0.15, -0.1) is 0 Å². The number of carbonyl (C=O) groups is 1. The smallest absolute Gasteiger partial charge is 0.224 e. The highest BCUT2D eigenvalue weighted by molar-refractivity contribution is 5.78. The number of nitrogens with one attached hydrogen (secondary N) is 1. The molecular formula is C18H21NO3. The van der Waals surface area contributed by atoms with Crippen LogP contribution in [0.3, 0.4) is 0 Å². The van der Waals surface area contributed by atoms with E-state index in [1.165, 1.54) is 0 Å². The van der Waals surface area contributed by atoms with Crippen LogP contribution in [0.5, 0.6) is 11.5 Å². The average molecular weight is 299 g/mol. The third kappa shape index (κ3) is 3.79. The van der Waals surface area contributed by atoms with Crippen molar-refractivity contribution in [2.45, 2.75) is 19.9 Å². The van der Waals surface area contributed by atoms with Gasteiger partial charge in [-0.1, -0.05) is 30.3 Å². The van der Waals surface area contributed by atoms with E-state index < -0.39 is 0 Å². The minimum absolute atomic E-state index is 0.0123. The Balaban J connectivity index is 2.02. The van der Waals surface area contributed by atoms with E-state index in [1.54, 1.807) is 14.2 Å². The van der Waals surface area contributed by atoms with Crippen LogP contribution in [0.25, 0.3) is 0 Å². The maximum atomic E-state index is 12.0. The van der Waals surface area contributed by atoms with Gasteiger partial charge in [0, 0.05) is 17.7 Å². The van der Waals surface area contributed by atoms with Crippen molar-refractivity contribution >= 4 is 5.91 Å². The topological polar surface area (TPSA) is 47.6 Å². The number of rotatable bonds is 6. The molecule has 0 aliphatic heterocycles. The molecule has 1 N–H and O–H groups in total. The Morgan fingerprint density at radius 1 is 1.05 bits per heavy atom. The molecule has 0 heterocycles. The Hall–Kier alpha value is -2.49. The van der Waals surface area contributed by atoms with E-state index in [1.807, 2.05) is 49.4 Å². The highest BCUT2D eigenvalue weighted by Crippen LogP contribution is 2.31. The number of hydrogen-bond acceptors (Lipinski definition) is 3. The molecule has 0 radical (unpaired) electrons. The first kappa shape index (κ1) is 15.9. The third-order valence-electron chi connectivity index (χ3n) is 3.55. The molecule has 0 unspecified atom stereocenters. The minimum atomic E-state index is -0.0123.